The highest BCUT2D eigenvalue weighted by molar-refractivity contribution is 9.10. The molecule has 1 atom stereocenters. The zero-order chi connectivity index (χ0) is 39.5. The number of aryl methyl sites for hydroxylation is 1. The first kappa shape index (κ1) is 41.2. The van der Waals surface area contributed by atoms with Crippen molar-refractivity contribution in [3.05, 3.63) is 151 Å². The van der Waals surface area contributed by atoms with Gasteiger partial charge in [-0.2, -0.15) is 0 Å². The molecule has 56 heavy (non-hydrogen) atoms. The molecule has 0 amide bonds. The number of benzene rings is 5. The van der Waals surface area contributed by atoms with E-state index in [1.54, 1.807) is 11.1 Å². The van der Waals surface area contributed by atoms with Gasteiger partial charge in [-0.15, -0.1) is 0 Å². The molecule has 0 bridgehead atoms. The summed E-state index contributed by atoms with van der Waals surface area (Å²) >= 11 is 7.93. The highest BCUT2D eigenvalue weighted by Crippen LogP contribution is 2.62. The molecule has 5 aromatic carbocycles. The van der Waals surface area contributed by atoms with Crippen LogP contribution in [0.1, 0.15) is 176 Å². The molecule has 0 saturated carbocycles. The Labute approximate surface area is 356 Å². The molecule has 5 aromatic rings. The number of hydrogen-bond acceptors (Lipinski definition) is 0. The van der Waals surface area contributed by atoms with E-state index >= 15 is 0 Å². The Morgan fingerprint density at radius 2 is 0.875 bits per heavy atom. The molecule has 2 aliphatic carbocycles. The SMILES string of the molecule is CCCCCCCCC1(CCCCCCCC)c2cc(Br)ccc2-c2cc3c(cc21)-c1ccc(Br)cc1C3(c1ccc(CC)cc1)c1ccc(C(C)(C)C)cc1. The third-order valence-electron chi connectivity index (χ3n) is 13.4. The number of unbranched alkanes of at least 4 members (excludes halogenated alkanes) is 10. The van der Waals surface area contributed by atoms with E-state index in [9.17, 15) is 0 Å². The van der Waals surface area contributed by atoms with E-state index in [-0.39, 0.29) is 10.8 Å². The van der Waals surface area contributed by atoms with E-state index in [0.29, 0.717) is 0 Å². The van der Waals surface area contributed by atoms with Gasteiger partial charge in [0.15, 0.2) is 0 Å². The Morgan fingerprint density at radius 3 is 1.41 bits per heavy atom. The first-order chi connectivity index (χ1) is 27.1. The van der Waals surface area contributed by atoms with Crippen LogP contribution in [-0.4, -0.2) is 0 Å². The zero-order valence-electron chi connectivity index (χ0n) is 35.1. The highest BCUT2D eigenvalue weighted by Gasteiger charge is 2.50. The summed E-state index contributed by atoms with van der Waals surface area (Å²) in [6.07, 6.45) is 19.4. The summed E-state index contributed by atoms with van der Waals surface area (Å²) in [5.74, 6) is 0. The van der Waals surface area contributed by atoms with Gasteiger partial charge in [-0.3, -0.25) is 0 Å². The molecule has 2 heteroatoms. The average molecular weight is 873 g/mol. The topological polar surface area (TPSA) is 0 Å². The molecule has 0 saturated heterocycles. The van der Waals surface area contributed by atoms with E-state index in [1.807, 2.05) is 0 Å². The van der Waals surface area contributed by atoms with Crippen LogP contribution in [0.5, 0.6) is 0 Å². The van der Waals surface area contributed by atoms with Crippen LogP contribution in [0.2, 0.25) is 0 Å². The second-order valence-electron chi connectivity index (χ2n) is 18.1. The van der Waals surface area contributed by atoms with Crippen molar-refractivity contribution in [1.29, 1.82) is 0 Å². The fourth-order valence-corrected chi connectivity index (χ4v) is 11.0. The molecule has 0 N–H and O–H groups in total. The molecule has 0 aromatic heterocycles. The quantitative estimate of drug-likeness (QED) is 0.0801. The number of rotatable bonds is 17. The molecule has 0 nitrogen and oxygen atoms in total. The van der Waals surface area contributed by atoms with Crippen molar-refractivity contribution in [1.82, 2.24) is 0 Å². The van der Waals surface area contributed by atoms with Gasteiger partial charge in [-0.25, -0.2) is 0 Å². The Hall–Kier alpha value is -2.94. The van der Waals surface area contributed by atoms with E-state index in [0.717, 1.165) is 10.9 Å². The Bertz CT molecular complexity index is 2100. The minimum atomic E-state index is -0.453. The van der Waals surface area contributed by atoms with Gasteiger partial charge < -0.3 is 0 Å². The predicted octanol–water partition coefficient (Wildman–Crippen LogP) is 17.2. The zero-order valence-corrected chi connectivity index (χ0v) is 38.3. The van der Waals surface area contributed by atoms with Gasteiger partial charge in [0.05, 0.1) is 5.41 Å². The van der Waals surface area contributed by atoms with Crippen molar-refractivity contribution in [3.8, 4) is 22.3 Å². The lowest BCUT2D eigenvalue weighted by atomic mass is 9.66. The fraction of sp³-hybridized carbons (Fsp3) is 0.444. The van der Waals surface area contributed by atoms with Crippen LogP contribution >= 0.6 is 31.9 Å². The van der Waals surface area contributed by atoms with Crippen LogP contribution in [0, 0.1) is 0 Å². The summed E-state index contributed by atoms with van der Waals surface area (Å²) in [7, 11) is 0. The van der Waals surface area contributed by atoms with Gasteiger partial charge >= 0.3 is 0 Å². The Kier molecular flexibility index (Phi) is 12.9. The number of halogens is 2. The predicted molar refractivity (Wildman–Crippen MR) is 249 cm³/mol. The van der Waals surface area contributed by atoms with Gasteiger partial charge in [0.1, 0.15) is 0 Å². The third-order valence-corrected chi connectivity index (χ3v) is 14.4. The highest BCUT2D eigenvalue weighted by atomic mass is 79.9. The summed E-state index contributed by atoms with van der Waals surface area (Å²) < 4.78 is 2.33. The summed E-state index contributed by atoms with van der Waals surface area (Å²) in [4.78, 5) is 0. The minimum Gasteiger partial charge on any atom is -0.0654 e. The van der Waals surface area contributed by atoms with E-state index in [4.69, 9.17) is 0 Å². The molecular formula is C54H64Br2. The van der Waals surface area contributed by atoms with Crippen molar-refractivity contribution in [2.24, 2.45) is 0 Å². The lowest BCUT2D eigenvalue weighted by molar-refractivity contribution is 0.398. The molecule has 294 valence electrons. The molecule has 0 radical (unpaired) electrons. The summed E-state index contributed by atoms with van der Waals surface area (Å²) in [6, 6.07) is 38.9. The minimum absolute atomic E-state index is 0.0108. The summed E-state index contributed by atoms with van der Waals surface area (Å²) in [5, 5.41) is 0. The van der Waals surface area contributed by atoms with Crippen LogP contribution in [0.25, 0.3) is 22.3 Å². The summed E-state index contributed by atoms with van der Waals surface area (Å²) in [5.41, 5.74) is 16.7. The average Bonchev–Trinajstić information content (AvgIpc) is 3.62. The van der Waals surface area contributed by atoms with Crippen molar-refractivity contribution < 1.29 is 0 Å². The first-order valence-electron chi connectivity index (χ1n) is 22.1. The van der Waals surface area contributed by atoms with Crippen molar-refractivity contribution >= 4 is 31.9 Å². The molecule has 7 rings (SSSR count). The molecule has 0 fully saturated rings. The number of hydrogen-bond donors (Lipinski definition) is 0. The maximum atomic E-state index is 3.97. The van der Waals surface area contributed by atoms with Gasteiger partial charge in [0.25, 0.3) is 0 Å². The number of fused-ring (bicyclic) bond motifs is 6. The molecule has 0 heterocycles. The molecule has 1 unspecified atom stereocenters. The van der Waals surface area contributed by atoms with Crippen molar-refractivity contribution in [2.75, 3.05) is 0 Å². The molecule has 2 aliphatic rings. The second kappa shape index (κ2) is 17.5. The van der Waals surface area contributed by atoms with Gasteiger partial charge in [-0.05, 0) is 128 Å². The lowest BCUT2D eigenvalue weighted by Gasteiger charge is -2.36. The van der Waals surface area contributed by atoms with Crippen LogP contribution in [0.15, 0.2) is 106 Å². The van der Waals surface area contributed by atoms with Crippen LogP contribution < -0.4 is 0 Å². The molecule has 0 spiro atoms. The van der Waals surface area contributed by atoms with Crippen LogP contribution in [-0.2, 0) is 22.7 Å². The Balaban J connectivity index is 1.47. The van der Waals surface area contributed by atoms with Gasteiger partial charge in [0.2, 0.25) is 0 Å². The van der Waals surface area contributed by atoms with Gasteiger partial charge in [-0.1, -0.05) is 211 Å². The maximum Gasteiger partial charge on any atom is 0.0714 e. The second-order valence-corrected chi connectivity index (χ2v) is 19.9. The smallest absolute Gasteiger partial charge is 0.0654 e. The van der Waals surface area contributed by atoms with Crippen LogP contribution in [0.3, 0.4) is 0 Å². The largest absolute Gasteiger partial charge is 0.0714 e. The standard InChI is InChI=1S/C54H64Br2/c1-7-10-12-14-16-18-32-53(33-19-17-15-13-11-8-2)48-34-42(55)28-30-44(48)46-37-51-47(36-49(46)53)45-31-29-43(56)35-50(45)54(51,40-22-20-38(9-3)21-23-40)41-26-24-39(25-27-41)52(4,5)6/h20-31,34-37H,7-19,32-33H2,1-6H3. The normalized spacial score (nSPS) is 16.4. The molecule has 0 aliphatic heterocycles. The monoisotopic (exact) mass is 870 g/mol. The maximum absolute atomic E-state index is 3.97. The van der Waals surface area contributed by atoms with Crippen LogP contribution in [0.4, 0.5) is 0 Å². The Morgan fingerprint density at radius 1 is 0.446 bits per heavy atom. The molecular weight excluding hydrogens is 808 g/mol. The van der Waals surface area contributed by atoms with Crippen molar-refractivity contribution in [2.45, 2.75) is 154 Å². The van der Waals surface area contributed by atoms with E-state index < -0.39 is 5.41 Å². The fourth-order valence-electron chi connectivity index (χ4n) is 10.3. The lowest BCUT2D eigenvalue weighted by Crippen LogP contribution is -2.29. The van der Waals surface area contributed by atoms with E-state index in [2.05, 4.69) is 170 Å². The van der Waals surface area contributed by atoms with Gasteiger partial charge in [0, 0.05) is 14.4 Å². The summed E-state index contributed by atoms with van der Waals surface area (Å²) in [6.45, 7) is 13.9. The van der Waals surface area contributed by atoms with Crippen molar-refractivity contribution in [3.63, 3.8) is 0 Å². The van der Waals surface area contributed by atoms with E-state index in [1.165, 1.54) is 150 Å². The first-order valence-corrected chi connectivity index (χ1v) is 23.7. The third kappa shape index (κ3) is 7.68.